The van der Waals surface area contributed by atoms with Gasteiger partial charge in [0.2, 0.25) is 0 Å². The van der Waals surface area contributed by atoms with Crippen LogP contribution in [0.15, 0.2) is 46.8 Å². The predicted molar refractivity (Wildman–Crippen MR) is 108 cm³/mol. The summed E-state index contributed by atoms with van der Waals surface area (Å²) in [4.78, 5) is 27.8. The van der Waals surface area contributed by atoms with Gasteiger partial charge in [0.05, 0.1) is 36.3 Å². The second-order valence-corrected chi connectivity index (χ2v) is 7.55. The summed E-state index contributed by atoms with van der Waals surface area (Å²) in [6.07, 6.45) is -1.59. The van der Waals surface area contributed by atoms with Crippen LogP contribution < -0.4 is 0 Å². The maximum Gasteiger partial charge on any atom is 0.416 e. The number of esters is 2. The Labute approximate surface area is 179 Å². The van der Waals surface area contributed by atoms with Gasteiger partial charge >= 0.3 is 18.1 Å². The summed E-state index contributed by atoms with van der Waals surface area (Å²) in [5.74, 6) is -2.70. The first-order chi connectivity index (χ1) is 14.7. The second kappa shape index (κ2) is 9.16. The van der Waals surface area contributed by atoms with Gasteiger partial charge in [-0.25, -0.2) is 9.59 Å². The monoisotopic (exact) mass is 437 g/mol. The maximum absolute atomic E-state index is 13.9. The number of carbonyl (C=O) groups excluding carboxylic acids is 2. The molecular formula is C23H26F3NO4. The summed E-state index contributed by atoms with van der Waals surface area (Å²) < 4.78 is 52.0. The van der Waals surface area contributed by atoms with E-state index >= 15 is 0 Å². The van der Waals surface area contributed by atoms with Crippen molar-refractivity contribution in [3.63, 3.8) is 0 Å². The van der Waals surface area contributed by atoms with Crippen LogP contribution in [-0.2, 0) is 25.2 Å². The van der Waals surface area contributed by atoms with Crippen molar-refractivity contribution in [2.24, 2.45) is 0 Å². The van der Waals surface area contributed by atoms with Crippen molar-refractivity contribution >= 4 is 11.9 Å². The summed E-state index contributed by atoms with van der Waals surface area (Å²) in [6, 6.07) is 5.04. The molecular weight excluding hydrogens is 411 g/mol. The number of allylic oxidation sites excluding steroid dienone is 2. The van der Waals surface area contributed by atoms with Crippen LogP contribution in [0.4, 0.5) is 13.2 Å². The molecule has 0 radical (unpaired) electrons. The van der Waals surface area contributed by atoms with Crippen LogP contribution in [0.3, 0.4) is 0 Å². The van der Waals surface area contributed by atoms with Crippen molar-refractivity contribution in [1.29, 1.82) is 0 Å². The van der Waals surface area contributed by atoms with Crippen molar-refractivity contribution in [3.05, 3.63) is 57.9 Å². The Morgan fingerprint density at radius 2 is 1.81 bits per heavy atom. The van der Waals surface area contributed by atoms with Crippen LogP contribution >= 0.6 is 0 Å². The molecule has 0 spiro atoms. The lowest BCUT2D eigenvalue weighted by molar-refractivity contribution is -0.141. The molecule has 3 rings (SSSR count). The lowest BCUT2D eigenvalue weighted by Crippen LogP contribution is -2.36. The Morgan fingerprint density at radius 3 is 2.45 bits per heavy atom. The summed E-state index contributed by atoms with van der Waals surface area (Å²) in [6.45, 7) is 3.96. The molecule has 0 N–H and O–H groups in total. The topological polar surface area (TPSA) is 55.8 Å². The number of hydrogen-bond donors (Lipinski definition) is 0. The fourth-order valence-electron chi connectivity index (χ4n) is 4.46. The van der Waals surface area contributed by atoms with E-state index in [9.17, 15) is 22.8 Å². The van der Waals surface area contributed by atoms with Gasteiger partial charge in [-0.3, -0.25) is 0 Å². The van der Waals surface area contributed by atoms with E-state index in [2.05, 4.69) is 0 Å². The lowest BCUT2D eigenvalue weighted by atomic mass is 9.77. The fraction of sp³-hybridized carbons (Fsp3) is 0.478. The number of halogens is 3. The number of ether oxygens (including phenoxy) is 2. The van der Waals surface area contributed by atoms with E-state index in [1.165, 1.54) is 25.3 Å². The molecule has 168 valence electrons. The molecule has 8 heteroatoms. The standard InChI is InChI=1S/C23H26F3NO4/c1-4-31-22(29)18-14(2)27-13-9-5-6-12-17(27)20(21(28)30-3)19(18)15-10-7-8-11-16(15)23(24,25)26/h7-8,10-11,19H,4-6,9,12-13H2,1-3H3. The Hall–Kier alpha value is -2.77. The first kappa shape index (κ1) is 22.9. The molecule has 0 aliphatic carbocycles. The highest BCUT2D eigenvalue weighted by Gasteiger charge is 2.45. The SMILES string of the molecule is CCOC(=O)C1=C(C)N2CCCCCC2=C(C(=O)OC)C1c1ccccc1C(F)(F)F. The Kier molecular flexibility index (Phi) is 6.77. The Bertz CT molecular complexity index is 933. The van der Waals surface area contributed by atoms with Crippen LogP contribution in [0.25, 0.3) is 0 Å². The zero-order chi connectivity index (χ0) is 22.8. The molecule has 1 fully saturated rings. The fourth-order valence-corrected chi connectivity index (χ4v) is 4.46. The minimum absolute atomic E-state index is 0.0459. The third-order valence-electron chi connectivity index (χ3n) is 5.78. The van der Waals surface area contributed by atoms with Crippen molar-refractivity contribution < 1.29 is 32.2 Å². The third kappa shape index (κ3) is 4.34. The first-order valence-corrected chi connectivity index (χ1v) is 10.3. The molecule has 1 saturated heterocycles. The number of hydrogen-bond acceptors (Lipinski definition) is 5. The smallest absolute Gasteiger partial charge is 0.416 e. The number of alkyl halides is 3. The van der Waals surface area contributed by atoms with Crippen molar-refractivity contribution in [3.8, 4) is 0 Å². The van der Waals surface area contributed by atoms with E-state index in [-0.39, 0.29) is 23.3 Å². The van der Waals surface area contributed by atoms with E-state index in [0.29, 0.717) is 24.4 Å². The van der Waals surface area contributed by atoms with E-state index in [0.717, 1.165) is 25.3 Å². The van der Waals surface area contributed by atoms with Crippen LogP contribution in [0.5, 0.6) is 0 Å². The summed E-state index contributed by atoms with van der Waals surface area (Å²) >= 11 is 0. The van der Waals surface area contributed by atoms with Gasteiger partial charge in [-0.15, -0.1) is 0 Å². The molecule has 1 unspecified atom stereocenters. The number of benzene rings is 1. The van der Waals surface area contributed by atoms with Crippen LogP contribution in [0.2, 0.25) is 0 Å². The molecule has 2 aliphatic heterocycles. The van der Waals surface area contributed by atoms with Gasteiger partial charge in [0.1, 0.15) is 0 Å². The molecule has 2 aliphatic rings. The molecule has 0 saturated carbocycles. The van der Waals surface area contributed by atoms with Gasteiger partial charge in [-0.2, -0.15) is 13.2 Å². The van der Waals surface area contributed by atoms with Crippen LogP contribution in [-0.4, -0.2) is 37.1 Å². The predicted octanol–water partition coefficient (Wildman–Crippen LogP) is 4.94. The van der Waals surface area contributed by atoms with Gasteiger partial charge in [0.15, 0.2) is 0 Å². The first-order valence-electron chi connectivity index (χ1n) is 10.3. The highest BCUT2D eigenvalue weighted by atomic mass is 19.4. The molecule has 0 aromatic heterocycles. The molecule has 1 atom stereocenters. The highest BCUT2D eigenvalue weighted by molar-refractivity contribution is 6.00. The van der Waals surface area contributed by atoms with Crippen molar-refractivity contribution in [1.82, 2.24) is 4.90 Å². The molecule has 31 heavy (non-hydrogen) atoms. The number of methoxy groups -OCH3 is 1. The summed E-state index contributed by atoms with van der Waals surface area (Å²) in [5.41, 5.74) is 0.217. The minimum Gasteiger partial charge on any atom is -0.466 e. The molecule has 1 aromatic rings. The highest BCUT2D eigenvalue weighted by Crippen LogP contribution is 2.48. The molecule has 2 heterocycles. The van der Waals surface area contributed by atoms with E-state index in [4.69, 9.17) is 9.47 Å². The number of nitrogens with zero attached hydrogens (tertiary/aromatic N) is 1. The van der Waals surface area contributed by atoms with Gasteiger partial charge in [0.25, 0.3) is 0 Å². The van der Waals surface area contributed by atoms with Gasteiger partial charge in [0, 0.05) is 17.9 Å². The average Bonchev–Trinajstić information content (AvgIpc) is 2.99. The van der Waals surface area contributed by atoms with Gasteiger partial charge in [-0.05, 0) is 44.7 Å². The van der Waals surface area contributed by atoms with Crippen molar-refractivity contribution in [2.75, 3.05) is 20.3 Å². The third-order valence-corrected chi connectivity index (χ3v) is 5.78. The number of rotatable bonds is 4. The molecule has 1 aromatic carbocycles. The van der Waals surface area contributed by atoms with Crippen LogP contribution in [0, 0.1) is 0 Å². The number of fused-ring (bicyclic) bond motifs is 1. The zero-order valence-electron chi connectivity index (χ0n) is 17.8. The van der Waals surface area contributed by atoms with Gasteiger partial charge < -0.3 is 14.4 Å². The van der Waals surface area contributed by atoms with E-state index < -0.39 is 29.6 Å². The van der Waals surface area contributed by atoms with Crippen LogP contribution in [0.1, 0.15) is 56.6 Å². The molecule has 0 bridgehead atoms. The van der Waals surface area contributed by atoms with E-state index in [1.54, 1.807) is 13.8 Å². The average molecular weight is 437 g/mol. The second-order valence-electron chi connectivity index (χ2n) is 7.55. The zero-order valence-corrected chi connectivity index (χ0v) is 17.8. The summed E-state index contributed by atoms with van der Waals surface area (Å²) in [7, 11) is 1.19. The largest absolute Gasteiger partial charge is 0.466 e. The van der Waals surface area contributed by atoms with E-state index in [1.807, 2.05) is 4.90 Å². The molecule has 0 amide bonds. The maximum atomic E-state index is 13.9. The quantitative estimate of drug-likeness (QED) is 0.625. The summed E-state index contributed by atoms with van der Waals surface area (Å²) in [5, 5.41) is 0. The number of carbonyl (C=O) groups is 2. The Morgan fingerprint density at radius 1 is 1.10 bits per heavy atom. The molecule has 5 nitrogen and oxygen atoms in total. The van der Waals surface area contributed by atoms with Crippen molar-refractivity contribution in [2.45, 2.75) is 51.6 Å². The normalized spacial score (nSPS) is 19.7. The lowest BCUT2D eigenvalue weighted by Gasteiger charge is -2.38. The Balaban J connectivity index is 2.36. The van der Waals surface area contributed by atoms with Gasteiger partial charge in [-0.1, -0.05) is 24.6 Å². The minimum atomic E-state index is -4.66.